The van der Waals surface area contributed by atoms with Gasteiger partial charge in [-0.15, -0.1) is 11.3 Å². The largest absolute Gasteiger partial charge is 0.310 e. The van der Waals surface area contributed by atoms with E-state index in [0.29, 0.717) is 0 Å². The molecule has 252 valence electrons. The molecule has 0 saturated heterocycles. The van der Waals surface area contributed by atoms with Crippen LogP contribution in [0, 0.1) is 0 Å². The van der Waals surface area contributed by atoms with Crippen molar-refractivity contribution < 1.29 is 0 Å². The molecule has 1 nitrogen and oxygen atoms in total. The average molecular weight is 696 g/mol. The molecule has 8 aromatic carbocycles. The monoisotopic (exact) mass is 695 g/mol. The van der Waals surface area contributed by atoms with Crippen LogP contribution in [-0.2, 0) is 5.41 Å². The lowest BCUT2D eigenvalue weighted by Crippen LogP contribution is -2.15. The molecule has 53 heavy (non-hydrogen) atoms. The first kappa shape index (κ1) is 31.5. The summed E-state index contributed by atoms with van der Waals surface area (Å²) in [4.78, 5) is 2.40. The molecule has 1 aliphatic rings. The standard InChI is InChI=1S/C51H37NS/c1-51(2)44-31-30-41(32-43(44)49-45(51)33-47-50(42-20-12-13-21-46(42)53-47)48(49)38-16-8-4-9-17-38)52(39-18-10-5-11-19-39)40-28-26-37(27-29-40)36-24-22-35(23-25-36)34-14-6-3-7-15-34/h3-33H,1-2H3. The molecule has 0 aliphatic heterocycles. The molecule has 1 heterocycles. The summed E-state index contributed by atoms with van der Waals surface area (Å²) < 4.78 is 2.69. The molecule has 10 rings (SSSR count). The number of benzene rings is 8. The molecule has 0 spiro atoms. The molecule has 0 amide bonds. The lowest BCUT2D eigenvalue weighted by Gasteiger charge is -2.27. The van der Waals surface area contributed by atoms with Gasteiger partial charge in [0.2, 0.25) is 0 Å². The van der Waals surface area contributed by atoms with E-state index >= 15 is 0 Å². The second-order valence-electron chi connectivity index (χ2n) is 14.5. The van der Waals surface area contributed by atoms with Crippen LogP contribution in [0.3, 0.4) is 0 Å². The fourth-order valence-electron chi connectivity index (χ4n) is 8.43. The Balaban J connectivity index is 1.12. The van der Waals surface area contributed by atoms with Gasteiger partial charge in [-0.25, -0.2) is 0 Å². The minimum Gasteiger partial charge on any atom is -0.310 e. The maximum Gasteiger partial charge on any atom is 0.0468 e. The van der Waals surface area contributed by atoms with E-state index < -0.39 is 0 Å². The van der Waals surface area contributed by atoms with Gasteiger partial charge in [-0.1, -0.05) is 153 Å². The quantitative estimate of drug-likeness (QED) is 0.167. The van der Waals surface area contributed by atoms with Gasteiger partial charge in [-0.05, 0) is 104 Å². The number of thiophene rings is 1. The Bertz CT molecular complexity index is 2760. The first-order valence-electron chi connectivity index (χ1n) is 18.3. The Morgan fingerprint density at radius 1 is 0.396 bits per heavy atom. The summed E-state index contributed by atoms with van der Waals surface area (Å²) in [6, 6.07) is 68.8. The Kier molecular flexibility index (Phi) is 7.42. The maximum atomic E-state index is 2.49. The summed E-state index contributed by atoms with van der Waals surface area (Å²) in [5.74, 6) is 0. The second kappa shape index (κ2) is 12.5. The van der Waals surface area contributed by atoms with Crippen molar-refractivity contribution in [2.24, 2.45) is 0 Å². The van der Waals surface area contributed by atoms with Crippen LogP contribution in [0.4, 0.5) is 17.1 Å². The summed E-state index contributed by atoms with van der Waals surface area (Å²) in [6.07, 6.45) is 0. The predicted octanol–water partition coefficient (Wildman–Crippen LogP) is 14.8. The normalized spacial score (nSPS) is 12.9. The van der Waals surface area contributed by atoms with Gasteiger partial charge < -0.3 is 4.90 Å². The maximum absolute atomic E-state index is 2.49. The van der Waals surface area contributed by atoms with Crippen molar-refractivity contribution in [3.8, 4) is 44.5 Å². The molecule has 9 aromatic rings. The van der Waals surface area contributed by atoms with Crippen LogP contribution in [-0.4, -0.2) is 0 Å². The fraction of sp³-hybridized carbons (Fsp3) is 0.0588. The number of hydrogen-bond acceptors (Lipinski definition) is 2. The molecule has 0 N–H and O–H groups in total. The highest BCUT2D eigenvalue weighted by molar-refractivity contribution is 7.26. The topological polar surface area (TPSA) is 3.24 Å². The molecule has 0 atom stereocenters. The molecular weight excluding hydrogens is 659 g/mol. The number of nitrogens with zero attached hydrogens (tertiary/aromatic N) is 1. The summed E-state index contributed by atoms with van der Waals surface area (Å²) >= 11 is 1.91. The molecule has 0 unspecified atom stereocenters. The van der Waals surface area contributed by atoms with Crippen molar-refractivity contribution in [3.05, 3.63) is 199 Å². The van der Waals surface area contributed by atoms with Crippen molar-refractivity contribution in [1.82, 2.24) is 0 Å². The van der Waals surface area contributed by atoms with Gasteiger partial charge in [-0.2, -0.15) is 0 Å². The summed E-state index contributed by atoms with van der Waals surface area (Å²) in [6.45, 7) is 4.79. The Morgan fingerprint density at radius 3 is 1.57 bits per heavy atom. The van der Waals surface area contributed by atoms with Gasteiger partial charge in [0.25, 0.3) is 0 Å². The predicted molar refractivity (Wildman–Crippen MR) is 228 cm³/mol. The first-order chi connectivity index (χ1) is 26.0. The highest BCUT2D eigenvalue weighted by atomic mass is 32.1. The number of para-hydroxylation sites is 1. The van der Waals surface area contributed by atoms with E-state index in [9.17, 15) is 0 Å². The van der Waals surface area contributed by atoms with Crippen molar-refractivity contribution in [2.45, 2.75) is 19.3 Å². The molecule has 2 heteroatoms. The zero-order chi connectivity index (χ0) is 35.5. The van der Waals surface area contributed by atoms with Crippen LogP contribution in [0.15, 0.2) is 188 Å². The Hall–Kier alpha value is -6.22. The van der Waals surface area contributed by atoms with E-state index in [1.807, 2.05) is 11.3 Å². The zero-order valence-electron chi connectivity index (χ0n) is 29.8. The lowest BCUT2D eigenvalue weighted by molar-refractivity contribution is 0.661. The van der Waals surface area contributed by atoms with E-state index in [-0.39, 0.29) is 5.41 Å². The summed E-state index contributed by atoms with van der Waals surface area (Å²) in [5, 5.41) is 2.69. The molecule has 0 radical (unpaired) electrons. The Morgan fingerprint density at radius 2 is 0.906 bits per heavy atom. The number of anilines is 3. The average Bonchev–Trinajstić information content (AvgIpc) is 3.70. The van der Waals surface area contributed by atoms with Crippen molar-refractivity contribution in [2.75, 3.05) is 4.90 Å². The van der Waals surface area contributed by atoms with Gasteiger partial charge in [-0.3, -0.25) is 0 Å². The van der Waals surface area contributed by atoms with Gasteiger partial charge in [0, 0.05) is 42.6 Å². The molecule has 0 fully saturated rings. The highest BCUT2D eigenvalue weighted by Gasteiger charge is 2.39. The van der Waals surface area contributed by atoms with E-state index in [0.717, 1.165) is 17.1 Å². The number of fused-ring (bicyclic) bond motifs is 6. The smallest absolute Gasteiger partial charge is 0.0468 e. The van der Waals surface area contributed by atoms with Crippen molar-refractivity contribution >= 4 is 48.6 Å². The molecular formula is C51H37NS. The van der Waals surface area contributed by atoms with Crippen LogP contribution in [0.25, 0.3) is 64.7 Å². The van der Waals surface area contributed by atoms with E-state index in [1.54, 1.807) is 0 Å². The minimum atomic E-state index is -0.146. The number of hydrogen-bond donors (Lipinski definition) is 0. The van der Waals surface area contributed by atoms with Crippen LogP contribution in [0.5, 0.6) is 0 Å². The van der Waals surface area contributed by atoms with Gasteiger partial charge in [0.1, 0.15) is 0 Å². The summed E-state index contributed by atoms with van der Waals surface area (Å²) in [5.41, 5.74) is 16.2. The molecule has 1 aromatic heterocycles. The van der Waals surface area contributed by atoms with E-state index in [2.05, 4.69) is 207 Å². The molecule has 0 saturated carbocycles. The first-order valence-corrected chi connectivity index (χ1v) is 19.2. The Labute approximate surface area is 315 Å². The van der Waals surface area contributed by atoms with Crippen LogP contribution in [0.1, 0.15) is 25.0 Å². The van der Waals surface area contributed by atoms with Crippen LogP contribution >= 0.6 is 11.3 Å². The minimum absolute atomic E-state index is 0.146. The van der Waals surface area contributed by atoms with E-state index in [4.69, 9.17) is 0 Å². The molecule has 1 aliphatic carbocycles. The second-order valence-corrected chi connectivity index (χ2v) is 15.6. The summed E-state index contributed by atoms with van der Waals surface area (Å²) in [7, 11) is 0. The van der Waals surface area contributed by atoms with Crippen LogP contribution in [0.2, 0.25) is 0 Å². The van der Waals surface area contributed by atoms with Gasteiger partial charge in [0.05, 0.1) is 0 Å². The third-order valence-electron chi connectivity index (χ3n) is 11.1. The molecule has 0 bridgehead atoms. The van der Waals surface area contributed by atoms with Gasteiger partial charge >= 0.3 is 0 Å². The van der Waals surface area contributed by atoms with Crippen molar-refractivity contribution in [1.29, 1.82) is 0 Å². The SMILES string of the molecule is CC1(C)c2ccc(N(c3ccccc3)c3ccc(-c4ccc(-c5ccccc5)cc4)cc3)cc2-c2c1cc1sc3ccccc3c1c2-c1ccccc1. The fourth-order valence-corrected chi connectivity index (χ4v) is 9.59. The number of rotatable bonds is 6. The third-order valence-corrected chi connectivity index (χ3v) is 12.2. The van der Waals surface area contributed by atoms with Crippen molar-refractivity contribution in [3.63, 3.8) is 0 Å². The highest BCUT2D eigenvalue weighted by Crippen LogP contribution is 2.57. The van der Waals surface area contributed by atoms with E-state index in [1.165, 1.54) is 75.8 Å². The zero-order valence-corrected chi connectivity index (χ0v) is 30.6. The van der Waals surface area contributed by atoms with Gasteiger partial charge in [0.15, 0.2) is 0 Å². The third kappa shape index (κ3) is 5.21. The van der Waals surface area contributed by atoms with Crippen LogP contribution < -0.4 is 4.90 Å². The lowest BCUT2D eigenvalue weighted by atomic mass is 9.81.